The molecule has 0 fully saturated rings. The zero-order valence-electron chi connectivity index (χ0n) is 9.21. The Bertz CT molecular complexity index is 741. The van der Waals surface area contributed by atoms with E-state index >= 15 is 0 Å². The minimum absolute atomic E-state index is 0.0844. The summed E-state index contributed by atoms with van der Waals surface area (Å²) >= 11 is 0. The van der Waals surface area contributed by atoms with Gasteiger partial charge in [0.2, 0.25) is 5.91 Å². The third kappa shape index (κ3) is 1.33. The standard InChI is InChI=1S/C11H9N3O4/c15-8-4-14-10-6(12-8)2-1-3-7(10)13(11(14)18)5-9(16)17/h1-3H,4-5H2,(H,12,15)(H,16,17). The van der Waals surface area contributed by atoms with Crippen LogP contribution in [0.15, 0.2) is 23.0 Å². The molecule has 1 aliphatic heterocycles. The Balaban J connectivity index is 2.38. The Kier molecular flexibility index (Phi) is 2.03. The van der Waals surface area contributed by atoms with Gasteiger partial charge in [-0.1, -0.05) is 6.07 Å². The lowest BCUT2D eigenvalue weighted by Crippen LogP contribution is -2.32. The van der Waals surface area contributed by atoms with Gasteiger partial charge in [-0.3, -0.25) is 18.7 Å². The fraction of sp³-hybridized carbons (Fsp3) is 0.182. The van der Waals surface area contributed by atoms with Crippen LogP contribution in [0.5, 0.6) is 0 Å². The summed E-state index contributed by atoms with van der Waals surface area (Å²) < 4.78 is 2.45. The van der Waals surface area contributed by atoms with Crippen LogP contribution < -0.4 is 11.0 Å². The van der Waals surface area contributed by atoms with Crippen LogP contribution in [0.25, 0.3) is 11.0 Å². The fourth-order valence-electron chi connectivity index (χ4n) is 2.25. The van der Waals surface area contributed by atoms with Crippen LogP contribution in [0.2, 0.25) is 0 Å². The van der Waals surface area contributed by atoms with Crippen molar-refractivity contribution in [3.05, 3.63) is 28.7 Å². The number of nitrogens with zero attached hydrogens (tertiary/aromatic N) is 2. The van der Waals surface area contributed by atoms with Gasteiger partial charge in [0.1, 0.15) is 13.1 Å². The van der Waals surface area contributed by atoms with E-state index in [0.29, 0.717) is 16.7 Å². The maximum Gasteiger partial charge on any atom is 0.330 e. The molecule has 92 valence electrons. The lowest BCUT2D eigenvalue weighted by atomic mass is 10.2. The molecular formula is C11H9N3O4. The maximum atomic E-state index is 12.1. The van der Waals surface area contributed by atoms with Crippen molar-refractivity contribution in [3.8, 4) is 0 Å². The molecule has 7 nitrogen and oxygen atoms in total. The van der Waals surface area contributed by atoms with Crippen LogP contribution in [0, 0.1) is 0 Å². The van der Waals surface area contributed by atoms with E-state index in [0.717, 1.165) is 4.57 Å². The molecule has 1 amide bonds. The molecule has 3 rings (SSSR count). The summed E-state index contributed by atoms with van der Waals surface area (Å²) in [6.07, 6.45) is 0. The number of hydrogen-bond donors (Lipinski definition) is 2. The zero-order valence-corrected chi connectivity index (χ0v) is 9.21. The van der Waals surface area contributed by atoms with Crippen LogP contribution >= 0.6 is 0 Å². The summed E-state index contributed by atoms with van der Waals surface area (Å²) in [5, 5.41) is 11.5. The third-order valence-corrected chi connectivity index (χ3v) is 2.91. The van der Waals surface area contributed by atoms with E-state index in [-0.39, 0.29) is 12.5 Å². The number of carboxylic acids is 1. The highest BCUT2D eigenvalue weighted by Crippen LogP contribution is 2.25. The molecule has 0 radical (unpaired) electrons. The van der Waals surface area contributed by atoms with Crippen molar-refractivity contribution in [2.75, 3.05) is 5.32 Å². The number of hydrogen-bond acceptors (Lipinski definition) is 3. The molecular weight excluding hydrogens is 238 g/mol. The minimum Gasteiger partial charge on any atom is -0.480 e. The van der Waals surface area contributed by atoms with Gasteiger partial charge in [-0.05, 0) is 12.1 Å². The number of carboxylic acid groups (broad SMARTS) is 1. The molecule has 0 spiro atoms. The molecule has 0 aliphatic carbocycles. The van der Waals surface area contributed by atoms with Gasteiger partial charge in [0, 0.05) is 0 Å². The maximum absolute atomic E-state index is 12.1. The normalized spacial score (nSPS) is 13.7. The number of nitrogens with one attached hydrogen (secondary N) is 1. The molecule has 7 heteroatoms. The number of imidazole rings is 1. The molecule has 1 aromatic heterocycles. The third-order valence-electron chi connectivity index (χ3n) is 2.91. The first kappa shape index (κ1) is 10.6. The van der Waals surface area contributed by atoms with Crippen molar-refractivity contribution in [1.82, 2.24) is 9.13 Å². The quantitative estimate of drug-likeness (QED) is 0.771. The van der Waals surface area contributed by atoms with Gasteiger partial charge in [0.05, 0.1) is 16.7 Å². The van der Waals surface area contributed by atoms with Crippen LogP contribution in [0.1, 0.15) is 0 Å². The SMILES string of the molecule is O=C(O)Cn1c(=O)n2c3c(cccc31)NC(=O)C2. The summed E-state index contributed by atoms with van der Waals surface area (Å²) in [6, 6.07) is 5.02. The monoisotopic (exact) mass is 247 g/mol. The average molecular weight is 247 g/mol. The summed E-state index contributed by atoms with van der Waals surface area (Å²) in [4.78, 5) is 34.3. The Hall–Kier alpha value is -2.57. The van der Waals surface area contributed by atoms with Crippen molar-refractivity contribution < 1.29 is 14.7 Å². The van der Waals surface area contributed by atoms with E-state index in [4.69, 9.17) is 5.11 Å². The molecule has 0 saturated carbocycles. The second-order valence-electron chi connectivity index (χ2n) is 4.07. The van der Waals surface area contributed by atoms with E-state index in [1.807, 2.05) is 0 Å². The van der Waals surface area contributed by atoms with Gasteiger partial charge in [-0.25, -0.2) is 4.79 Å². The topological polar surface area (TPSA) is 93.3 Å². The van der Waals surface area contributed by atoms with Crippen LogP contribution in [-0.4, -0.2) is 26.1 Å². The minimum atomic E-state index is -1.10. The number of anilines is 1. The molecule has 0 bridgehead atoms. The van der Waals surface area contributed by atoms with Crippen molar-refractivity contribution in [3.63, 3.8) is 0 Å². The average Bonchev–Trinajstić information content (AvgIpc) is 2.56. The van der Waals surface area contributed by atoms with Gasteiger partial charge < -0.3 is 10.4 Å². The molecule has 18 heavy (non-hydrogen) atoms. The number of carbonyl (C=O) groups is 2. The van der Waals surface area contributed by atoms with Crippen molar-refractivity contribution in [2.45, 2.75) is 13.1 Å². The highest BCUT2D eigenvalue weighted by Gasteiger charge is 2.23. The van der Waals surface area contributed by atoms with Crippen molar-refractivity contribution in [1.29, 1.82) is 0 Å². The molecule has 2 aromatic rings. The first-order valence-corrected chi connectivity index (χ1v) is 5.31. The van der Waals surface area contributed by atoms with Gasteiger partial charge in [0.15, 0.2) is 0 Å². The van der Waals surface area contributed by atoms with E-state index in [9.17, 15) is 14.4 Å². The Labute approximate surface area is 100 Å². The first-order chi connectivity index (χ1) is 8.58. The first-order valence-electron chi connectivity index (χ1n) is 5.31. The van der Waals surface area contributed by atoms with Gasteiger partial charge in [-0.2, -0.15) is 0 Å². The number of amides is 1. The molecule has 0 atom stereocenters. The number of aliphatic carboxylic acids is 1. The summed E-state index contributed by atoms with van der Waals surface area (Å²) in [7, 11) is 0. The number of carbonyl (C=O) groups excluding carboxylic acids is 1. The van der Waals surface area contributed by atoms with Crippen LogP contribution in [-0.2, 0) is 22.7 Å². The zero-order chi connectivity index (χ0) is 12.9. The van der Waals surface area contributed by atoms with Crippen molar-refractivity contribution in [2.24, 2.45) is 0 Å². The summed E-state index contributed by atoms with van der Waals surface area (Å²) in [5.41, 5.74) is 1.14. The Morgan fingerprint density at radius 2 is 2.17 bits per heavy atom. The lowest BCUT2D eigenvalue weighted by Gasteiger charge is -2.14. The number of para-hydroxylation sites is 1. The van der Waals surface area contributed by atoms with E-state index in [2.05, 4.69) is 5.32 Å². The molecule has 1 aromatic carbocycles. The predicted octanol–water partition coefficient (Wildman–Crippen LogP) is -0.160. The van der Waals surface area contributed by atoms with E-state index in [1.54, 1.807) is 18.2 Å². The number of aromatic nitrogens is 2. The summed E-state index contributed by atoms with van der Waals surface area (Å²) in [6.45, 7) is -0.501. The molecule has 2 heterocycles. The molecule has 2 N–H and O–H groups in total. The van der Waals surface area contributed by atoms with Crippen LogP contribution in [0.3, 0.4) is 0 Å². The second kappa shape index (κ2) is 3.46. The molecule has 0 unspecified atom stereocenters. The largest absolute Gasteiger partial charge is 0.480 e. The Morgan fingerprint density at radius 1 is 1.39 bits per heavy atom. The van der Waals surface area contributed by atoms with Crippen LogP contribution in [0.4, 0.5) is 5.69 Å². The number of benzene rings is 1. The van der Waals surface area contributed by atoms with Crippen molar-refractivity contribution >= 4 is 28.6 Å². The smallest absolute Gasteiger partial charge is 0.330 e. The predicted molar refractivity (Wildman–Crippen MR) is 62.5 cm³/mol. The lowest BCUT2D eigenvalue weighted by molar-refractivity contribution is -0.137. The van der Waals surface area contributed by atoms with Gasteiger partial charge >= 0.3 is 11.7 Å². The van der Waals surface area contributed by atoms with Gasteiger partial charge in [-0.15, -0.1) is 0 Å². The molecule has 0 saturated heterocycles. The highest BCUT2D eigenvalue weighted by atomic mass is 16.4. The van der Waals surface area contributed by atoms with E-state index < -0.39 is 18.2 Å². The van der Waals surface area contributed by atoms with Gasteiger partial charge in [0.25, 0.3) is 0 Å². The Morgan fingerprint density at radius 3 is 2.89 bits per heavy atom. The summed E-state index contributed by atoms with van der Waals surface area (Å²) in [5.74, 6) is -1.38. The fourth-order valence-corrected chi connectivity index (χ4v) is 2.25. The highest BCUT2D eigenvalue weighted by molar-refractivity contribution is 6.03. The molecule has 1 aliphatic rings. The van der Waals surface area contributed by atoms with E-state index in [1.165, 1.54) is 4.57 Å². The number of rotatable bonds is 2. The second-order valence-corrected chi connectivity index (χ2v) is 4.07.